The third-order valence-electron chi connectivity index (χ3n) is 7.31. The monoisotopic (exact) mass is 546 g/mol. The molecule has 1 saturated heterocycles. The van der Waals surface area contributed by atoms with Crippen molar-refractivity contribution < 1.29 is 19.0 Å². The Morgan fingerprint density at radius 2 is 1.87 bits per heavy atom. The molecule has 2 aromatic heterocycles. The van der Waals surface area contributed by atoms with Crippen LogP contribution in [0.4, 0.5) is 4.79 Å². The first-order chi connectivity index (χ1) is 19.1. The van der Waals surface area contributed by atoms with Gasteiger partial charge in [0.1, 0.15) is 28.9 Å². The van der Waals surface area contributed by atoms with Crippen molar-refractivity contribution >= 4 is 27.8 Å². The summed E-state index contributed by atoms with van der Waals surface area (Å²) >= 11 is 1.41. The van der Waals surface area contributed by atoms with E-state index in [4.69, 9.17) is 24.2 Å². The van der Waals surface area contributed by atoms with Crippen LogP contribution in [0.3, 0.4) is 0 Å². The highest BCUT2D eigenvalue weighted by molar-refractivity contribution is 7.18. The third kappa shape index (κ3) is 5.08. The molecule has 2 aromatic carbocycles. The first-order valence-corrected chi connectivity index (χ1v) is 14.0. The van der Waals surface area contributed by atoms with E-state index in [9.17, 15) is 9.59 Å². The maximum absolute atomic E-state index is 13.8. The van der Waals surface area contributed by atoms with Gasteiger partial charge in [-0.2, -0.15) is 0 Å². The van der Waals surface area contributed by atoms with Gasteiger partial charge in [0.15, 0.2) is 10.3 Å². The van der Waals surface area contributed by atoms with Crippen molar-refractivity contribution in [2.45, 2.75) is 50.8 Å². The highest BCUT2D eigenvalue weighted by Crippen LogP contribution is 2.41. The van der Waals surface area contributed by atoms with E-state index in [1.54, 1.807) is 23.7 Å². The maximum Gasteiger partial charge on any atom is 0.410 e. The lowest BCUT2D eigenvalue weighted by molar-refractivity contribution is 0.0920. The number of nitrogens with zero attached hydrogens (tertiary/aromatic N) is 4. The number of hydrogen-bond acceptors (Lipinski definition) is 8. The average molecular weight is 547 g/mol. The Morgan fingerprint density at radius 1 is 1.05 bits per heavy atom. The molecule has 0 radical (unpaired) electrons. The van der Waals surface area contributed by atoms with Gasteiger partial charge in [-0.25, -0.2) is 14.8 Å². The molecule has 6 rings (SSSR count). The van der Waals surface area contributed by atoms with Crippen LogP contribution < -0.4 is 15.0 Å². The number of amides is 1. The molecule has 1 saturated carbocycles. The second-order valence-corrected chi connectivity index (χ2v) is 10.9. The van der Waals surface area contributed by atoms with Gasteiger partial charge in [0.2, 0.25) is 0 Å². The number of ether oxygens (including phenoxy) is 3. The molecule has 39 heavy (non-hydrogen) atoms. The molecule has 0 bridgehead atoms. The van der Waals surface area contributed by atoms with Gasteiger partial charge in [-0.1, -0.05) is 41.7 Å². The summed E-state index contributed by atoms with van der Waals surface area (Å²) in [7, 11) is 3.21. The minimum absolute atomic E-state index is 0.168. The van der Waals surface area contributed by atoms with Crippen molar-refractivity contribution in [3.63, 3.8) is 0 Å². The summed E-state index contributed by atoms with van der Waals surface area (Å²) < 4.78 is 18.2. The molecule has 9 nitrogen and oxygen atoms in total. The largest absolute Gasteiger partial charge is 0.497 e. The SMILES string of the molecule is COc1ccc(Cn2c(C3CC3)nc3sc([C@H]4CCCN4C(=O)OCc4ccccc4)nc3c2=O)c(OC)c1. The number of fused-ring (bicyclic) bond motifs is 1. The van der Waals surface area contributed by atoms with E-state index in [0.717, 1.165) is 47.6 Å². The zero-order valence-corrected chi connectivity index (χ0v) is 22.8. The molecule has 0 unspecified atom stereocenters. The van der Waals surface area contributed by atoms with E-state index in [1.807, 2.05) is 48.5 Å². The molecule has 1 aliphatic heterocycles. The van der Waals surface area contributed by atoms with Crippen LogP contribution in [0.1, 0.15) is 59.6 Å². The Hall–Kier alpha value is -3.92. The van der Waals surface area contributed by atoms with Crippen molar-refractivity contribution in [2.75, 3.05) is 20.8 Å². The molecule has 2 fully saturated rings. The number of thiazole rings is 1. The van der Waals surface area contributed by atoms with Crippen molar-refractivity contribution in [1.82, 2.24) is 19.4 Å². The molecule has 4 aromatic rings. The third-order valence-corrected chi connectivity index (χ3v) is 8.36. The summed E-state index contributed by atoms with van der Waals surface area (Å²) in [6.45, 7) is 1.14. The number of carbonyl (C=O) groups excluding carboxylic acids is 1. The molecule has 202 valence electrons. The number of hydrogen-bond donors (Lipinski definition) is 0. The summed E-state index contributed by atoms with van der Waals surface area (Å²) in [6.07, 6.45) is 3.27. The zero-order valence-electron chi connectivity index (χ0n) is 22.0. The van der Waals surface area contributed by atoms with Gasteiger partial charge >= 0.3 is 6.09 Å². The Labute approximate surface area is 230 Å². The topological polar surface area (TPSA) is 95.8 Å². The quantitative estimate of drug-likeness (QED) is 0.297. The van der Waals surface area contributed by atoms with Gasteiger partial charge < -0.3 is 14.2 Å². The van der Waals surface area contributed by atoms with Crippen LogP contribution in [0.5, 0.6) is 11.5 Å². The molecule has 10 heteroatoms. The van der Waals surface area contributed by atoms with E-state index >= 15 is 0 Å². The molecule has 1 amide bonds. The number of benzene rings is 2. The molecule has 3 heterocycles. The van der Waals surface area contributed by atoms with Crippen molar-refractivity contribution in [3.05, 3.63) is 80.8 Å². The highest BCUT2D eigenvalue weighted by Gasteiger charge is 2.35. The van der Waals surface area contributed by atoms with E-state index in [1.165, 1.54) is 11.3 Å². The number of carbonyl (C=O) groups is 1. The standard InChI is InChI=1S/C29H30N4O5S/c1-36-21-13-12-20(23(15-21)37-2)16-33-25(19-10-11-19)31-27-24(28(33)34)30-26(39-27)22-9-6-14-32(22)29(35)38-17-18-7-4-3-5-8-18/h3-5,7-8,12-13,15,19,22H,6,9-11,14,16-17H2,1-2H3/t22-/m1/s1. The molecular formula is C29H30N4O5S. The molecular weight excluding hydrogens is 516 g/mol. The van der Waals surface area contributed by atoms with Crippen molar-refractivity contribution in [1.29, 1.82) is 0 Å². The molecule has 0 spiro atoms. The fraction of sp³-hybridized carbons (Fsp3) is 0.379. The number of methoxy groups -OCH3 is 2. The summed E-state index contributed by atoms with van der Waals surface area (Å²) in [5.41, 5.74) is 1.98. The minimum atomic E-state index is -0.365. The molecule has 1 aliphatic carbocycles. The Balaban J connectivity index is 1.30. The van der Waals surface area contributed by atoms with Crippen LogP contribution in [-0.4, -0.2) is 46.3 Å². The lowest BCUT2D eigenvalue weighted by Crippen LogP contribution is -2.31. The second-order valence-electron chi connectivity index (χ2n) is 9.91. The van der Waals surface area contributed by atoms with Crippen LogP contribution in [0.2, 0.25) is 0 Å². The van der Waals surface area contributed by atoms with Crippen LogP contribution in [0, 0.1) is 0 Å². The summed E-state index contributed by atoms with van der Waals surface area (Å²) in [4.78, 5) is 38.8. The Morgan fingerprint density at radius 3 is 2.62 bits per heavy atom. The number of likely N-dealkylation sites (tertiary alicyclic amines) is 1. The van der Waals surface area contributed by atoms with E-state index < -0.39 is 0 Å². The second kappa shape index (κ2) is 10.7. The fourth-order valence-electron chi connectivity index (χ4n) is 5.09. The van der Waals surface area contributed by atoms with Crippen LogP contribution in [-0.2, 0) is 17.9 Å². The van der Waals surface area contributed by atoms with Crippen molar-refractivity contribution in [2.24, 2.45) is 0 Å². The van der Waals surface area contributed by atoms with Crippen molar-refractivity contribution in [3.8, 4) is 11.5 Å². The summed E-state index contributed by atoms with van der Waals surface area (Å²) in [5, 5.41) is 0.727. The Kier molecular flexibility index (Phi) is 6.95. The molecule has 2 aliphatic rings. The lowest BCUT2D eigenvalue weighted by atomic mass is 10.1. The first kappa shape index (κ1) is 25.4. The van der Waals surface area contributed by atoms with Gasteiger partial charge in [-0.3, -0.25) is 14.3 Å². The normalized spacial score (nSPS) is 17.0. The predicted molar refractivity (Wildman–Crippen MR) is 148 cm³/mol. The molecule has 0 N–H and O–H groups in total. The van der Waals surface area contributed by atoms with Gasteiger partial charge in [0.25, 0.3) is 5.56 Å². The first-order valence-electron chi connectivity index (χ1n) is 13.1. The predicted octanol–water partition coefficient (Wildman–Crippen LogP) is 5.27. The lowest BCUT2D eigenvalue weighted by Gasteiger charge is -2.22. The van der Waals surface area contributed by atoms with Gasteiger partial charge in [0, 0.05) is 24.1 Å². The van der Waals surface area contributed by atoms with E-state index in [2.05, 4.69) is 0 Å². The number of aromatic nitrogens is 3. The highest BCUT2D eigenvalue weighted by atomic mass is 32.1. The average Bonchev–Trinajstić information content (AvgIpc) is 3.53. The Bertz CT molecular complexity index is 1560. The van der Waals surface area contributed by atoms with Crippen LogP contribution >= 0.6 is 11.3 Å². The smallest absolute Gasteiger partial charge is 0.410 e. The summed E-state index contributed by atoms with van der Waals surface area (Å²) in [6, 6.07) is 15.0. The van der Waals surface area contributed by atoms with E-state index in [-0.39, 0.29) is 30.2 Å². The van der Waals surface area contributed by atoms with E-state index in [0.29, 0.717) is 34.9 Å². The van der Waals surface area contributed by atoms with Gasteiger partial charge in [-0.15, -0.1) is 0 Å². The molecule has 1 atom stereocenters. The fourth-order valence-corrected chi connectivity index (χ4v) is 6.17. The number of rotatable bonds is 8. The van der Waals surface area contributed by atoms with Crippen LogP contribution in [0.25, 0.3) is 10.3 Å². The van der Waals surface area contributed by atoms with Gasteiger partial charge in [-0.05, 0) is 43.4 Å². The summed E-state index contributed by atoms with van der Waals surface area (Å²) in [5.74, 6) is 2.38. The van der Waals surface area contributed by atoms with Gasteiger partial charge in [0.05, 0.1) is 26.8 Å². The maximum atomic E-state index is 13.8. The zero-order chi connectivity index (χ0) is 26.9. The van der Waals surface area contributed by atoms with Crippen LogP contribution in [0.15, 0.2) is 53.3 Å². The minimum Gasteiger partial charge on any atom is -0.497 e.